The zero-order valence-corrected chi connectivity index (χ0v) is 51.4. The first-order chi connectivity index (χ1) is 36.4. The van der Waals surface area contributed by atoms with Crippen LogP contribution in [0.25, 0.3) is 0 Å². The molecule has 0 aliphatic carbocycles. The molecule has 0 radical (unpaired) electrons. The summed E-state index contributed by atoms with van der Waals surface area (Å²) < 4.78 is 30.4. The summed E-state index contributed by atoms with van der Waals surface area (Å²) in [6, 6.07) is -0.888. The third-order valence-electron chi connectivity index (χ3n) is 14.5. The van der Waals surface area contributed by atoms with Crippen molar-refractivity contribution in [2.45, 2.75) is 328 Å². The van der Waals surface area contributed by atoms with Crippen molar-refractivity contribution in [3.05, 3.63) is 36.5 Å². The number of rotatable bonds is 59. The monoisotopic (exact) mass is 1080 g/mol. The van der Waals surface area contributed by atoms with Crippen LogP contribution in [0.1, 0.15) is 316 Å². The van der Waals surface area contributed by atoms with Crippen LogP contribution in [0, 0.1) is 0 Å². The van der Waals surface area contributed by atoms with Crippen LogP contribution in [0.5, 0.6) is 0 Å². The van der Waals surface area contributed by atoms with Gasteiger partial charge in [-0.05, 0) is 83.1 Å². The van der Waals surface area contributed by atoms with E-state index in [1.54, 1.807) is 0 Å². The minimum Gasteiger partial charge on any atom is -0.756 e. The van der Waals surface area contributed by atoms with Crippen molar-refractivity contribution in [2.24, 2.45) is 0 Å². The van der Waals surface area contributed by atoms with Gasteiger partial charge in [0, 0.05) is 12.8 Å². The van der Waals surface area contributed by atoms with Gasteiger partial charge in [-0.2, -0.15) is 0 Å². The van der Waals surface area contributed by atoms with Crippen LogP contribution in [0.15, 0.2) is 36.5 Å². The molecule has 0 fully saturated rings. The molecular weight excluding hydrogens is 952 g/mol. The van der Waals surface area contributed by atoms with Crippen molar-refractivity contribution in [3.8, 4) is 0 Å². The summed E-state index contributed by atoms with van der Waals surface area (Å²) in [6.45, 7) is 6.87. The molecule has 10 heteroatoms. The maximum absolute atomic E-state index is 13.5. The van der Waals surface area contributed by atoms with E-state index in [9.17, 15) is 19.0 Å². The average Bonchev–Trinajstić information content (AvgIpc) is 3.37. The second-order valence-electron chi connectivity index (χ2n) is 23.3. The predicted molar refractivity (Wildman–Crippen MR) is 321 cm³/mol. The highest BCUT2D eigenvalue weighted by atomic mass is 31.2. The number of nitrogens with zero attached hydrogens (tertiary/aromatic N) is 1. The molecule has 0 aliphatic heterocycles. The predicted octanol–water partition coefficient (Wildman–Crippen LogP) is 19.3. The largest absolute Gasteiger partial charge is 0.756 e. The van der Waals surface area contributed by atoms with Crippen molar-refractivity contribution in [1.82, 2.24) is 5.32 Å². The van der Waals surface area contributed by atoms with E-state index in [4.69, 9.17) is 13.8 Å². The molecule has 0 bridgehead atoms. The normalized spacial score (nSPS) is 13.9. The fraction of sp³-hybridized carbons (Fsp3) is 0.877. The Balaban J connectivity index is 5.24. The summed E-state index contributed by atoms with van der Waals surface area (Å²) in [5.41, 5.74) is 0. The Labute approximate surface area is 466 Å². The molecule has 0 aromatic rings. The number of nitrogens with one attached hydrogen (secondary N) is 1. The van der Waals surface area contributed by atoms with Crippen LogP contribution in [-0.4, -0.2) is 69.4 Å². The van der Waals surface area contributed by atoms with Gasteiger partial charge in [0.25, 0.3) is 7.82 Å². The summed E-state index contributed by atoms with van der Waals surface area (Å²) in [5.74, 6) is -0.535. The van der Waals surface area contributed by atoms with E-state index in [0.29, 0.717) is 17.4 Å². The first-order valence-corrected chi connectivity index (χ1v) is 33.8. The van der Waals surface area contributed by atoms with Crippen LogP contribution in [0.3, 0.4) is 0 Å². The number of carbonyl (C=O) groups excluding carboxylic acids is 2. The lowest BCUT2D eigenvalue weighted by Crippen LogP contribution is -2.47. The highest BCUT2D eigenvalue weighted by Gasteiger charge is 2.27. The number of likely N-dealkylation sites (N-methyl/N-ethyl adjacent to an activating group) is 1. The molecule has 442 valence electrons. The first-order valence-electron chi connectivity index (χ1n) is 32.3. The molecule has 1 amide bonds. The first kappa shape index (κ1) is 73.2. The molecule has 1 N–H and O–H groups in total. The van der Waals surface area contributed by atoms with Crippen LogP contribution < -0.4 is 10.2 Å². The van der Waals surface area contributed by atoms with Gasteiger partial charge in [-0.15, -0.1) is 0 Å². The maximum atomic E-state index is 13.5. The number of allylic oxidation sites excluding steroid dienone is 5. The third-order valence-corrected chi connectivity index (χ3v) is 15.5. The molecule has 0 aromatic heterocycles. The van der Waals surface area contributed by atoms with Gasteiger partial charge >= 0.3 is 5.97 Å². The number of esters is 1. The topological polar surface area (TPSA) is 114 Å². The number of hydrogen-bond acceptors (Lipinski definition) is 7. The molecule has 0 heterocycles. The minimum atomic E-state index is -4.70. The van der Waals surface area contributed by atoms with E-state index in [1.807, 2.05) is 33.3 Å². The smallest absolute Gasteiger partial charge is 0.306 e. The molecule has 0 saturated heterocycles. The van der Waals surface area contributed by atoms with Crippen molar-refractivity contribution >= 4 is 19.7 Å². The highest BCUT2D eigenvalue weighted by Crippen LogP contribution is 2.38. The van der Waals surface area contributed by atoms with Gasteiger partial charge < -0.3 is 28.5 Å². The summed E-state index contributed by atoms with van der Waals surface area (Å²) >= 11 is 0. The number of carbonyl (C=O) groups is 2. The fourth-order valence-electron chi connectivity index (χ4n) is 9.51. The van der Waals surface area contributed by atoms with Gasteiger partial charge in [-0.3, -0.25) is 14.2 Å². The SMILES string of the molecule is CCCCCCCC/C=C/CCCCCCCCCCCC(=O)NC(COP(=O)([O-])OCC[N+](C)(C)C)C(/C=C/CCCCCCCCCCCCC)OC(=O)CCCCCCCCC/C=C/CCCCCCCC. The van der Waals surface area contributed by atoms with E-state index in [2.05, 4.69) is 50.4 Å². The standard InChI is InChI=1S/C65H125N2O7P/c1-7-10-13-16-19-22-25-28-30-32-33-35-36-39-42-45-48-51-54-57-64(68)66-62(61-73-75(70,71)72-60-59-67(4,5)6)63(56-53-50-47-44-41-38-27-24-21-18-15-12-9-3)74-65(69)58-55-52-49-46-43-40-37-34-31-29-26-23-20-17-14-11-8-2/h28-31,53,56,62-63H,7-27,32-52,54-55,57-61H2,1-6H3,(H-,66,68,70,71)/b30-28+,31-29+,56-53+. The van der Waals surface area contributed by atoms with Gasteiger partial charge in [0.15, 0.2) is 0 Å². The Morgan fingerprint density at radius 1 is 0.453 bits per heavy atom. The van der Waals surface area contributed by atoms with Gasteiger partial charge in [0.2, 0.25) is 5.91 Å². The number of phosphoric acid groups is 1. The van der Waals surface area contributed by atoms with Crippen molar-refractivity contribution in [1.29, 1.82) is 0 Å². The van der Waals surface area contributed by atoms with Crippen LogP contribution in [0.2, 0.25) is 0 Å². The highest BCUT2D eigenvalue weighted by molar-refractivity contribution is 7.45. The molecule has 3 unspecified atom stereocenters. The molecule has 0 spiro atoms. The summed E-state index contributed by atoms with van der Waals surface area (Å²) in [6.07, 6.45) is 66.7. The number of quaternary nitrogens is 1. The molecular formula is C65H125N2O7P. The van der Waals surface area contributed by atoms with Crippen molar-refractivity contribution < 1.29 is 37.3 Å². The van der Waals surface area contributed by atoms with E-state index < -0.39 is 20.0 Å². The Morgan fingerprint density at radius 3 is 1.13 bits per heavy atom. The maximum Gasteiger partial charge on any atom is 0.306 e. The quantitative estimate of drug-likeness (QED) is 0.0212. The number of phosphoric ester groups is 1. The van der Waals surface area contributed by atoms with Gasteiger partial charge in [0.05, 0.1) is 33.8 Å². The van der Waals surface area contributed by atoms with Gasteiger partial charge in [-0.1, -0.05) is 257 Å². The van der Waals surface area contributed by atoms with E-state index >= 15 is 0 Å². The zero-order chi connectivity index (χ0) is 55.0. The van der Waals surface area contributed by atoms with Crippen molar-refractivity contribution in [2.75, 3.05) is 40.9 Å². The number of unbranched alkanes of at least 4 members (excludes halogenated alkanes) is 39. The third kappa shape index (κ3) is 56.8. The lowest BCUT2D eigenvalue weighted by molar-refractivity contribution is -0.870. The summed E-state index contributed by atoms with van der Waals surface area (Å²) in [5, 5.41) is 3.04. The molecule has 3 atom stereocenters. The number of hydrogen-bond donors (Lipinski definition) is 1. The number of ether oxygens (including phenoxy) is 1. The Kier molecular flexibility index (Phi) is 54.2. The fourth-order valence-corrected chi connectivity index (χ4v) is 10.2. The molecule has 0 aromatic carbocycles. The Hall–Kier alpha value is -1.77. The Morgan fingerprint density at radius 2 is 0.773 bits per heavy atom. The van der Waals surface area contributed by atoms with Crippen LogP contribution >= 0.6 is 7.82 Å². The van der Waals surface area contributed by atoms with Crippen LogP contribution in [-0.2, 0) is 27.9 Å². The summed E-state index contributed by atoms with van der Waals surface area (Å²) in [7, 11) is 1.19. The summed E-state index contributed by atoms with van der Waals surface area (Å²) in [4.78, 5) is 40.0. The van der Waals surface area contributed by atoms with Crippen molar-refractivity contribution in [3.63, 3.8) is 0 Å². The van der Waals surface area contributed by atoms with E-state index in [1.165, 1.54) is 212 Å². The molecule has 0 saturated carbocycles. The molecule has 75 heavy (non-hydrogen) atoms. The molecule has 0 rings (SSSR count). The lowest BCUT2D eigenvalue weighted by Gasteiger charge is -2.30. The Bertz CT molecular complexity index is 1380. The average molecular weight is 1080 g/mol. The zero-order valence-electron chi connectivity index (χ0n) is 50.5. The van der Waals surface area contributed by atoms with E-state index in [0.717, 1.165) is 70.6 Å². The minimum absolute atomic E-state index is 0.0215. The van der Waals surface area contributed by atoms with Gasteiger partial charge in [0.1, 0.15) is 19.3 Å². The molecule has 0 aliphatic rings. The second kappa shape index (κ2) is 55.5. The lowest BCUT2D eigenvalue weighted by atomic mass is 10.0. The van der Waals surface area contributed by atoms with Gasteiger partial charge in [-0.25, -0.2) is 0 Å². The number of amides is 1. The molecule has 9 nitrogen and oxygen atoms in total. The second-order valence-corrected chi connectivity index (χ2v) is 24.7. The van der Waals surface area contributed by atoms with Crippen LogP contribution in [0.4, 0.5) is 0 Å². The van der Waals surface area contributed by atoms with E-state index in [-0.39, 0.29) is 31.5 Å².